The molecule has 0 saturated carbocycles. The van der Waals surface area contributed by atoms with E-state index in [9.17, 15) is 14.0 Å². The number of hydrogen-bond donors (Lipinski definition) is 0. The standard InChI is InChI=1S/C32H21FO6/c1-3-31(34)38-21-19-36-29-11-7-5-9-26(29)16-14-24-13-15-25(28(33)23-24)17-18-27-10-6-8-12-30(27)37-20-22-39-32(35)4-2/h3-13,15,19-23H,1-2H2/b21-19-,22-20-. The number of para-hydroxylation sites is 2. The van der Waals surface area contributed by atoms with Crippen molar-refractivity contribution in [1.82, 2.24) is 0 Å². The fraction of sp³-hybridized carbons (Fsp3) is 0. The van der Waals surface area contributed by atoms with Crippen LogP contribution in [0, 0.1) is 29.5 Å². The normalized spacial score (nSPS) is 9.97. The SMILES string of the molecule is C=CC(=O)O/C=C\Oc1ccccc1C#Cc1ccc(C#Cc2ccccc2O/C=C\OC(=O)C=C)c(F)c1. The molecule has 0 amide bonds. The van der Waals surface area contributed by atoms with E-state index in [-0.39, 0.29) is 5.56 Å². The van der Waals surface area contributed by atoms with Crippen molar-refractivity contribution in [3.05, 3.63) is 145 Å². The van der Waals surface area contributed by atoms with Crippen LogP contribution in [-0.4, -0.2) is 11.9 Å². The van der Waals surface area contributed by atoms with Gasteiger partial charge in [-0.05, 0) is 42.5 Å². The van der Waals surface area contributed by atoms with Crippen LogP contribution in [-0.2, 0) is 19.1 Å². The molecular formula is C32H21FO6. The molecule has 0 atom stereocenters. The number of ether oxygens (including phenoxy) is 4. The maximum absolute atomic E-state index is 14.8. The Morgan fingerprint density at radius 3 is 1.64 bits per heavy atom. The fourth-order valence-electron chi connectivity index (χ4n) is 2.80. The van der Waals surface area contributed by atoms with Gasteiger partial charge in [0.25, 0.3) is 0 Å². The predicted molar refractivity (Wildman–Crippen MR) is 143 cm³/mol. The summed E-state index contributed by atoms with van der Waals surface area (Å²) in [6, 6.07) is 18.3. The van der Waals surface area contributed by atoms with Gasteiger partial charge in [-0.1, -0.05) is 61.1 Å². The number of benzene rings is 3. The van der Waals surface area contributed by atoms with E-state index in [0.29, 0.717) is 28.2 Å². The second-order valence-electron chi connectivity index (χ2n) is 7.25. The number of carbonyl (C=O) groups is 2. The number of hydrogen-bond acceptors (Lipinski definition) is 6. The summed E-state index contributed by atoms with van der Waals surface area (Å²) in [4.78, 5) is 22.1. The molecule has 7 heteroatoms. The highest BCUT2D eigenvalue weighted by molar-refractivity contribution is 5.82. The highest BCUT2D eigenvalue weighted by Gasteiger charge is 2.03. The van der Waals surface area contributed by atoms with Crippen molar-refractivity contribution in [3.8, 4) is 35.2 Å². The fourth-order valence-corrected chi connectivity index (χ4v) is 2.80. The van der Waals surface area contributed by atoms with Crippen LogP contribution in [0.2, 0.25) is 0 Å². The molecule has 0 radical (unpaired) electrons. The lowest BCUT2D eigenvalue weighted by molar-refractivity contribution is -0.133. The molecule has 0 bridgehead atoms. The lowest BCUT2D eigenvalue weighted by Crippen LogP contribution is -1.93. The largest absolute Gasteiger partial charge is 0.460 e. The Balaban J connectivity index is 1.72. The van der Waals surface area contributed by atoms with Crippen molar-refractivity contribution < 1.29 is 32.9 Å². The predicted octanol–water partition coefficient (Wildman–Crippen LogP) is 5.78. The van der Waals surface area contributed by atoms with Gasteiger partial charge in [-0.25, -0.2) is 14.0 Å². The molecule has 0 heterocycles. The van der Waals surface area contributed by atoms with Crippen molar-refractivity contribution >= 4 is 11.9 Å². The van der Waals surface area contributed by atoms with Crippen molar-refractivity contribution in [2.75, 3.05) is 0 Å². The zero-order chi connectivity index (χ0) is 27.9. The van der Waals surface area contributed by atoms with E-state index in [2.05, 4.69) is 36.8 Å². The Morgan fingerprint density at radius 2 is 1.13 bits per heavy atom. The summed E-state index contributed by atoms with van der Waals surface area (Å²) in [5.41, 5.74) is 1.66. The zero-order valence-electron chi connectivity index (χ0n) is 20.6. The van der Waals surface area contributed by atoms with Crippen molar-refractivity contribution in [3.63, 3.8) is 0 Å². The molecule has 0 unspecified atom stereocenters. The average Bonchev–Trinajstić information content (AvgIpc) is 2.96. The third-order valence-corrected chi connectivity index (χ3v) is 4.62. The molecule has 0 aliphatic rings. The first kappa shape index (κ1) is 27.8. The van der Waals surface area contributed by atoms with Gasteiger partial charge in [-0.15, -0.1) is 0 Å². The van der Waals surface area contributed by atoms with E-state index in [1.165, 1.54) is 24.7 Å². The molecule has 3 rings (SSSR count). The van der Waals surface area contributed by atoms with Gasteiger partial charge in [-0.2, -0.15) is 0 Å². The van der Waals surface area contributed by atoms with Crippen LogP contribution in [0.3, 0.4) is 0 Å². The van der Waals surface area contributed by atoms with Gasteiger partial charge in [-0.3, -0.25) is 0 Å². The molecule has 3 aromatic carbocycles. The van der Waals surface area contributed by atoms with Crippen LogP contribution in [0.5, 0.6) is 11.5 Å². The topological polar surface area (TPSA) is 71.1 Å². The number of halogens is 1. The van der Waals surface area contributed by atoms with Crippen molar-refractivity contribution in [2.24, 2.45) is 0 Å². The highest BCUT2D eigenvalue weighted by atomic mass is 19.1. The Bertz CT molecular complexity index is 1560. The quantitative estimate of drug-likeness (QED) is 0.162. The van der Waals surface area contributed by atoms with Crippen LogP contribution < -0.4 is 9.47 Å². The van der Waals surface area contributed by atoms with Gasteiger partial charge >= 0.3 is 11.9 Å². The first-order chi connectivity index (χ1) is 19.0. The van der Waals surface area contributed by atoms with Gasteiger partial charge < -0.3 is 18.9 Å². The van der Waals surface area contributed by atoms with Crippen LogP contribution in [0.4, 0.5) is 4.39 Å². The van der Waals surface area contributed by atoms with Crippen LogP contribution in [0.15, 0.2) is 117 Å². The molecule has 0 aliphatic carbocycles. The van der Waals surface area contributed by atoms with Crippen LogP contribution in [0.25, 0.3) is 0 Å². The first-order valence-corrected chi connectivity index (χ1v) is 11.3. The second kappa shape index (κ2) is 14.7. The maximum atomic E-state index is 14.8. The van der Waals surface area contributed by atoms with E-state index >= 15 is 0 Å². The molecule has 0 fully saturated rings. The van der Waals surface area contributed by atoms with Gasteiger partial charge in [0.15, 0.2) is 0 Å². The molecule has 192 valence electrons. The summed E-state index contributed by atoms with van der Waals surface area (Å²) in [7, 11) is 0. The third kappa shape index (κ3) is 8.98. The van der Waals surface area contributed by atoms with Gasteiger partial charge in [0, 0.05) is 17.7 Å². The molecule has 0 spiro atoms. The Kier molecular flexibility index (Phi) is 10.5. The molecule has 0 aromatic heterocycles. The lowest BCUT2D eigenvalue weighted by Gasteiger charge is -2.03. The number of esters is 2. The van der Waals surface area contributed by atoms with Crippen molar-refractivity contribution in [1.29, 1.82) is 0 Å². The maximum Gasteiger partial charge on any atom is 0.335 e. The number of rotatable bonds is 8. The van der Waals surface area contributed by atoms with E-state index < -0.39 is 17.8 Å². The molecule has 6 nitrogen and oxygen atoms in total. The molecule has 3 aromatic rings. The minimum atomic E-state index is -0.620. The third-order valence-electron chi connectivity index (χ3n) is 4.62. The monoisotopic (exact) mass is 520 g/mol. The minimum Gasteiger partial charge on any atom is -0.460 e. The smallest absolute Gasteiger partial charge is 0.335 e. The minimum absolute atomic E-state index is 0.175. The summed E-state index contributed by atoms with van der Waals surface area (Å²) in [6.07, 6.45) is 6.61. The Morgan fingerprint density at radius 1 is 0.641 bits per heavy atom. The lowest BCUT2D eigenvalue weighted by atomic mass is 10.1. The number of carbonyl (C=O) groups excluding carboxylic acids is 2. The second-order valence-corrected chi connectivity index (χ2v) is 7.25. The van der Waals surface area contributed by atoms with Gasteiger partial charge in [0.05, 0.1) is 16.7 Å². The summed E-state index contributed by atoms with van der Waals surface area (Å²) in [5.74, 6) is 10.6. The average molecular weight is 521 g/mol. The van der Waals surface area contributed by atoms with Crippen molar-refractivity contribution in [2.45, 2.75) is 0 Å². The van der Waals surface area contributed by atoms with E-state index in [4.69, 9.17) is 18.9 Å². The first-order valence-electron chi connectivity index (χ1n) is 11.3. The summed E-state index contributed by atoms with van der Waals surface area (Å²) in [6.45, 7) is 6.60. The molecule has 0 N–H and O–H groups in total. The van der Waals surface area contributed by atoms with E-state index in [1.54, 1.807) is 54.6 Å². The van der Waals surface area contributed by atoms with Crippen LogP contribution in [0.1, 0.15) is 22.3 Å². The molecule has 39 heavy (non-hydrogen) atoms. The van der Waals surface area contributed by atoms with E-state index in [0.717, 1.165) is 24.7 Å². The molecule has 0 saturated heterocycles. The molecular weight excluding hydrogens is 499 g/mol. The summed E-state index contributed by atoms with van der Waals surface area (Å²) in [5, 5.41) is 0. The Hall–Kier alpha value is -5.79. The van der Waals surface area contributed by atoms with Gasteiger partial charge in [0.1, 0.15) is 42.4 Å². The highest BCUT2D eigenvalue weighted by Crippen LogP contribution is 2.19. The zero-order valence-corrected chi connectivity index (χ0v) is 20.6. The molecule has 0 aliphatic heterocycles. The Labute approximate surface area is 225 Å². The summed E-state index contributed by atoms with van der Waals surface area (Å²) >= 11 is 0. The van der Waals surface area contributed by atoms with E-state index in [1.807, 2.05) is 0 Å². The van der Waals surface area contributed by atoms with Gasteiger partial charge in [0.2, 0.25) is 0 Å². The summed E-state index contributed by atoms with van der Waals surface area (Å²) < 4.78 is 35.1. The van der Waals surface area contributed by atoms with Crippen LogP contribution >= 0.6 is 0 Å².